The highest BCUT2D eigenvalue weighted by molar-refractivity contribution is 7.92. The standard InChI is InChI=1S/C38H44ClN9O5S/c1-44(54(3,51)52)33-11-7-6-10-31(33)41-35-30(39)25-40-38(43-35)42-32-13-12-27(24-34(32)53-2)46-16-14-26(15-17-46)47-21-18-45(19-22-47)20-23-48-36(49)28-8-4-5-9-29(28)37(48)50/h4-13,24-26H,14-23H2,1-3H3,(H2,40,41,42,43). The fourth-order valence-electron chi connectivity index (χ4n) is 7.30. The number of nitrogens with one attached hydrogen (secondary N) is 2. The van der Waals surface area contributed by atoms with Gasteiger partial charge in [-0.1, -0.05) is 35.9 Å². The Morgan fingerprint density at radius 1 is 0.870 bits per heavy atom. The number of piperazine rings is 1. The van der Waals surface area contributed by atoms with Gasteiger partial charge in [0.25, 0.3) is 11.8 Å². The highest BCUT2D eigenvalue weighted by atomic mass is 35.5. The Morgan fingerprint density at radius 2 is 1.54 bits per heavy atom. The Kier molecular flexibility index (Phi) is 10.9. The van der Waals surface area contributed by atoms with E-state index in [2.05, 4.69) is 41.4 Å². The largest absolute Gasteiger partial charge is 0.494 e. The van der Waals surface area contributed by atoms with Crippen LogP contribution in [0, 0.1) is 0 Å². The third kappa shape index (κ3) is 7.94. The molecule has 3 aliphatic rings. The van der Waals surface area contributed by atoms with Crippen molar-refractivity contribution in [3.05, 3.63) is 89.1 Å². The molecule has 284 valence electrons. The van der Waals surface area contributed by atoms with E-state index in [-0.39, 0.29) is 22.8 Å². The Bertz CT molecular complexity index is 2100. The molecule has 1 aromatic heterocycles. The molecule has 7 rings (SSSR count). The molecule has 0 saturated carbocycles. The molecule has 2 saturated heterocycles. The van der Waals surface area contributed by atoms with Crippen molar-refractivity contribution in [2.75, 3.05) is 92.6 Å². The molecule has 2 amide bonds. The topological polar surface area (TPSA) is 144 Å². The number of benzene rings is 3. The molecule has 4 heterocycles. The van der Waals surface area contributed by atoms with Crippen LogP contribution in [-0.4, -0.2) is 124 Å². The Morgan fingerprint density at radius 3 is 2.20 bits per heavy atom. The summed E-state index contributed by atoms with van der Waals surface area (Å²) in [6.07, 6.45) is 4.72. The number of piperidine rings is 1. The van der Waals surface area contributed by atoms with Gasteiger partial charge in [0.15, 0.2) is 5.82 Å². The van der Waals surface area contributed by atoms with Gasteiger partial charge in [0.1, 0.15) is 10.8 Å². The maximum Gasteiger partial charge on any atom is 0.261 e. The lowest BCUT2D eigenvalue weighted by Gasteiger charge is -2.43. The zero-order valence-electron chi connectivity index (χ0n) is 30.5. The number of carbonyl (C=O) groups excluding carboxylic acids is 2. The van der Waals surface area contributed by atoms with E-state index in [0.717, 1.165) is 64.1 Å². The number of imide groups is 1. The number of aromatic nitrogens is 2. The number of carbonyl (C=O) groups is 2. The first kappa shape index (κ1) is 37.4. The normalized spacial score (nSPS) is 17.1. The van der Waals surface area contributed by atoms with Gasteiger partial charge in [0.05, 0.1) is 47.8 Å². The van der Waals surface area contributed by atoms with E-state index in [1.54, 1.807) is 55.6 Å². The van der Waals surface area contributed by atoms with Crippen molar-refractivity contribution in [1.82, 2.24) is 24.7 Å². The molecule has 0 spiro atoms. The zero-order chi connectivity index (χ0) is 38.0. The molecule has 14 nitrogen and oxygen atoms in total. The maximum absolute atomic E-state index is 12.8. The second-order valence-electron chi connectivity index (χ2n) is 13.7. The number of methoxy groups -OCH3 is 1. The van der Waals surface area contributed by atoms with Gasteiger partial charge in [-0.05, 0) is 49.2 Å². The highest BCUT2D eigenvalue weighted by Gasteiger charge is 2.35. The summed E-state index contributed by atoms with van der Waals surface area (Å²) in [5, 5.41) is 6.66. The molecule has 3 aromatic carbocycles. The van der Waals surface area contributed by atoms with Gasteiger partial charge < -0.3 is 20.3 Å². The minimum Gasteiger partial charge on any atom is -0.494 e. The molecular formula is C38H44ClN9O5S. The van der Waals surface area contributed by atoms with Crippen LogP contribution < -0.4 is 24.6 Å². The fourth-order valence-corrected chi connectivity index (χ4v) is 7.96. The number of fused-ring (bicyclic) bond motifs is 1. The molecule has 0 bridgehead atoms. The van der Waals surface area contributed by atoms with Crippen LogP contribution in [0.3, 0.4) is 0 Å². The summed E-state index contributed by atoms with van der Waals surface area (Å²) in [5.41, 5.74) is 3.72. The molecule has 2 fully saturated rings. The average molecular weight is 774 g/mol. The monoisotopic (exact) mass is 773 g/mol. The Labute approximate surface area is 320 Å². The highest BCUT2D eigenvalue weighted by Crippen LogP contribution is 2.35. The van der Waals surface area contributed by atoms with Crippen molar-refractivity contribution < 1.29 is 22.7 Å². The first-order chi connectivity index (χ1) is 26.0. The van der Waals surface area contributed by atoms with Crippen LogP contribution in [0.5, 0.6) is 5.75 Å². The predicted octanol–water partition coefficient (Wildman–Crippen LogP) is 4.90. The van der Waals surface area contributed by atoms with Gasteiger partial charge in [0, 0.05) is 77.2 Å². The Balaban J connectivity index is 0.916. The zero-order valence-corrected chi connectivity index (χ0v) is 32.1. The first-order valence-electron chi connectivity index (χ1n) is 17.9. The minimum atomic E-state index is -3.50. The summed E-state index contributed by atoms with van der Waals surface area (Å²) >= 11 is 6.46. The summed E-state index contributed by atoms with van der Waals surface area (Å²) in [4.78, 5) is 43.1. The number of ether oxygens (including phenoxy) is 1. The third-order valence-electron chi connectivity index (χ3n) is 10.4. The van der Waals surface area contributed by atoms with Gasteiger partial charge in [-0.15, -0.1) is 0 Å². The molecule has 4 aromatic rings. The predicted molar refractivity (Wildman–Crippen MR) is 211 cm³/mol. The SMILES string of the molecule is COc1cc(N2CCC(N3CCN(CCN4C(=O)c5ccccc5C4=O)CC3)CC2)ccc1Nc1ncc(Cl)c(Nc2ccccc2N(C)S(C)(=O)=O)n1. The lowest BCUT2D eigenvalue weighted by Crippen LogP contribution is -2.54. The molecule has 0 aliphatic carbocycles. The lowest BCUT2D eigenvalue weighted by atomic mass is 10.0. The summed E-state index contributed by atoms with van der Waals surface area (Å²) in [7, 11) is -0.384. The number of sulfonamides is 1. The molecule has 0 atom stereocenters. The summed E-state index contributed by atoms with van der Waals surface area (Å²) in [6.45, 7) is 6.71. The number of nitrogens with zero attached hydrogens (tertiary/aromatic N) is 7. The molecule has 3 aliphatic heterocycles. The van der Waals surface area contributed by atoms with E-state index in [0.29, 0.717) is 58.9 Å². The maximum atomic E-state index is 12.8. The van der Waals surface area contributed by atoms with Crippen molar-refractivity contribution in [3.8, 4) is 5.75 Å². The van der Waals surface area contributed by atoms with E-state index < -0.39 is 10.0 Å². The molecule has 54 heavy (non-hydrogen) atoms. The third-order valence-corrected chi connectivity index (χ3v) is 11.9. The van der Waals surface area contributed by atoms with E-state index in [1.165, 1.54) is 22.4 Å². The van der Waals surface area contributed by atoms with Crippen molar-refractivity contribution in [1.29, 1.82) is 0 Å². The van der Waals surface area contributed by atoms with E-state index in [9.17, 15) is 18.0 Å². The molecule has 16 heteroatoms. The van der Waals surface area contributed by atoms with E-state index >= 15 is 0 Å². The van der Waals surface area contributed by atoms with Gasteiger partial charge in [-0.2, -0.15) is 4.98 Å². The number of para-hydroxylation sites is 2. The Hall–Kier alpha value is -4.96. The van der Waals surface area contributed by atoms with Gasteiger partial charge >= 0.3 is 0 Å². The van der Waals surface area contributed by atoms with Crippen molar-refractivity contribution in [3.63, 3.8) is 0 Å². The van der Waals surface area contributed by atoms with Crippen LogP contribution in [0.1, 0.15) is 33.6 Å². The summed E-state index contributed by atoms with van der Waals surface area (Å²) in [6, 6.07) is 20.6. The van der Waals surface area contributed by atoms with Gasteiger partial charge in [0.2, 0.25) is 16.0 Å². The smallest absolute Gasteiger partial charge is 0.261 e. The lowest BCUT2D eigenvalue weighted by molar-refractivity contribution is 0.0579. The number of hydrogen-bond donors (Lipinski definition) is 2. The van der Waals surface area contributed by atoms with Crippen LogP contribution in [0.25, 0.3) is 0 Å². The van der Waals surface area contributed by atoms with Crippen molar-refractivity contribution in [2.24, 2.45) is 0 Å². The van der Waals surface area contributed by atoms with Crippen molar-refractivity contribution in [2.45, 2.75) is 18.9 Å². The van der Waals surface area contributed by atoms with E-state index in [1.807, 2.05) is 12.1 Å². The van der Waals surface area contributed by atoms with Crippen LogP contribution in [0.2, 0.25) is 5.02 Å². The number of rotatable bonds is 12. The molecule has 0 unspecified atom stereocenters. The first-order valence-corrected chi connectivity index (χ1v) is 20.2. The number of anilines is 6. The minimum absolute atomic E-state index is 0.191. The van der Waals surface area contributed by atoms with Gasteiger partial charge in [-0.25, -0.2) is 13.4 Å². The quantitative estimate of drug-likeness (QED) is 0.189. The number of halogens is 1. The number of amides is 2. The molecule has 2 N–H and O–H groups in total. The second kappa shape index (κ2) is 15.8. The summed E-state index contributed by atoms with van der Waals surface area (Å²) < 4.78 is 31.4. The fraction of sp³-hybridized carbons (Fsp3) is 0.368. The number of hydrogen-bond acceptors (Lipinski definition) is 12. The van der Waals surface area contributed by atoms with Crippen LogP contribution in [0.4, 0.5) is 34.5 Å². The van der Waals surface area contributed by atoms with Crippen LogP contribution >= 0.6 is 11.6 Å². The van der Waals surface area contributed by atoms with E-state index in [4.69, 9.17) is 16.3 Å². The molecule has 0 radical (unpaired) electrons. The average Bonchev–Trinajstić information content (AvgIpc) is 3.43. The molecular weight excluding hydrogens is 730 g/mol. The van der Waals surface area contributed by atoms with Crippen LogP contribution in [0.15, 0.2) is 72.9 Å². The van der Waals surface area contributed by atoms with Gasteiger partial charge in [-0.3, -0.25) is 28.6 Å². The second-order valence-corrected chi connectivity index (χ2v) is 16.1. The van der Waals surface area contributed by atoms with Crippen LogP contribution in [-0.2, 0) is 10.0 Å². The summed E-state index contributed by atoms with van der Waals surface area (Å²) in [5.74, 6) is 0.851. The van der Waals surface area contributed by atoms with Crippen molar-refractivity contribution >= 4 is 68.0 Å².